The van der Waals surface area contributed by atoms with Crippen molar-refractivity contribution >= 4 is 28.8 Å². The quantitative estimate of drug-likeness (QED) is 0.187. The van der Waals surface area contributed by atoms with Crippen LogP contribution in [0.4, 0.5) is 17.1 Å². The van der Waals surface area contributed by atoms with E-state index in [2.05, 4.69) is 148 Å². The molecule has 1 nitrogen and oxygen atoms in total. The van der Waals surface area contributed by atoms with E-state index in [1.807, 2.05) is 11.8 Å². The molecule has 1 heterocycles. The van der Waals surface area contributed by atoms with Crippen LogP contribution < -0.4 is 4.90 Å². The van der Waals surface area contributed by atoms with Crippen molar-refractivity contribution in [1.82, 2.24) is 0 Å². The van der Waals surface area contributed by atoms with Gasteiger partial charge in [0, 0.05) is 26.6 Å². The topological polar surface area (TPSA) is 3.24 Å². The number of anilines is 3. The third kappa shape index (κ3) is 3.67. The number of para-hydroxylation sites is 1. The van der Waals surface area contributed by atoms with Crippen LogP contribution in [-0.2, 0) is 16.2 Å². The van der Waals surface area contributed by atoms with Gasteiger partial charge in [-0.2, -0.15) is 0 Å². The molecule has 0 N–H and O–H groups in total. The third-order valence-electron chi connectivity index (χ3n) is 15.0. The summed E-state index contributed by atoms with van der Waals surface area (Å²) >= 11 is 2.04. The Morgan fingerprint density at radius 3 is 2.06 bits per heavy atom. The van der Waals surface area contributed by atoms with E-state index < -0.39 is 0 Å². The maximum atomic E-state index is 2.60. The molecule has 5 aromatic carbocycles. The standard InChI is InChI=1S/C48H47NS/c1-45(2)22-23-46(3,4)44-38(45)16-11-17-39(44)49(34-14-9-6-10-15-34)35-19-21-37-41(28-35)50-40-26-32(31-12-7-5-8-13-31)18-20-36(40)48(37)42-25-30-24-33-27-43(48)47(33,42)29-30/h5-21,26,28,30,33,42-43H,22-25,27,29H2,1-4H3. The zero-order valence-corrected chi connectivity index (χ0v) is 30.7. The Morgan fingerprint density at radius 1 is 0.580 bits per heavy atom. The molecule has 6 atom stereocenters. The largest absolute Gasteiger partial charge is 0.310 e. The molecule has 6 aliphatic rings. The second kappa shape index (κ2) is 9.97. The van der Waals surface area contributed by atoms with E-state index in [9.17, 15) is 0 Å². The summed E-state index contributed by atoms with van der Waals surface area (Å²) in [7, 11) is 0. The molecule has 6 unspecified atom stereocenters. The monoisotopic (exact) mass is 669 g/mol. The van der Waals surface area contributed by atoms with Crippen LogP contribution in [-0.4, -0.2) is 0 Å². The van der Waals surface area contributed by atoms with Gasteiger partial charge in [0.2, 0.25) is 0 Å². The van der Waals surface area contributed by atoms with Gasteiger partial charge >= 0.3 is 0 Å². The highest BCUT2D eigenvalue weighted by atomic mass is 32.2. The average Bonchev–Trinajstić information content (AvgIpc) is 3.66. The molecule has 11 rings (SSSR count). The van der Waals surface area contributed by atoms with Gasteiger partial charge in [0.15, 0.2) is 0 Å². The molecular weight excluding hydrogens is 623 g/mol. The normalized spacial score (nSPS) is 31.1. The number of hydrogen-bond acceptors (Lipinski definition) is 2. The molecule has 2 heteroatoms. The number of rotatable bonds is 4. The second-order valence-corrected chi connectivity index (χ2v) is 19.1. The molecule has 0 amide bonds. The summed E-state index contributed by atoms with van der Waals surface area (Å²) in [6.45, 7) is 9.82. The Bertz CT molecular complexity index is 2200. The highest BCUT2D eigenvalue weighted by molar-refractivity contribution is 7.99. The van der Waals surface area contributed by atoms with Crippen molar-refractivity contribution < 1.29 is 0 Å². The smallest absolute Gasteiger partial charge is 0.0502 e. The van der Waals surface area contributed by atoms with Crippen molar-refractivity contribution in [1.29, 1.82) is 0 Å². The van der Waals surface area contributed by atoms with Crippen molar-refractivity contribution in [2.75, 3.05) is 4.90 Å². The fourth-order valence-electron chi connectivity index (χ4n) is 13.0. The van der Waals surface area contributed by atoms with E-state index in [1.54, 1.807) is 11.1 Å². The van der Waals surface area contributed by atoms with E-state index in [-0.39, 0.29) is 16.2 Å². The third-order valence-corrected chi connectivity index (χ3v) is 16.1. The van der Waals surface area contributed by atoms with Crippen LogP contribution >= 0.6 is 11.8 Å². The lowest BCUT2D eigenvalue weighted by atomic mass is 9.26. The predicted octanol–water partition coefficient (Wildman–Crippen LogP) is 13.0. The summed E-state index contributed by atoms with van der Waals surface area (Å²) in [6, 6.07) is 44.5. The Hall–Kier alpha value is -3.75. The lowest BCUT2D eigenvalue weighted by Gasteiger charge is -2.78. The Balaban J connectivity index is 1.11. The maximum absolute atomic E-state index is 2.60. The van der Waals surface area contributed by atoms with E-state index in [0.29, 0.717) is 5.41 Å². The van der Waals surface area contributed by atoms with Crippen LogP contribution in [0.15, 0.2) is 125 Å². The minimum atomic E-state index is 0.0943. The van der Waals surface area contributed by atoms with E-state index in [0.717, 1.165) is 23.7 Å². The number of fused-ring (bicyclic) bond motifs is 8. The van der Waals surface area contributed by atoms with Crippen molar-refractivity contribution in [2.24, 2.45) is 29.1 Å². The summed E-state index contributed by atoms with van der Waals surface area (Å²) in [5.74, 6) is 3.51. The van der Waals surface area contributed by atoms with Crippen molar-refractivity contribution in [2.45, 2.75) is 92.3 Å². The second-order valence-electron chi connectivity index (χ2n) is 18.1. The minimum absolute atomic E-state index is 0.0943. The molecule has 5 aromatic rings. The first-order chi connectivity index (χ1) is 24.2. The summed E-state index contributed by atoms with van der Waals surface area (Å²) in [4.78, 5) is 5.56. The Morgan fingerprint density at radius 2 is 1.28 bits per heavy atom. The van der Waals surface area contributed by atoms with Crippen LogP contribution in [0.1, 0.15) is 88.5 Å². The van der Waals surface area contributed by atoms with Gasteiger partial charge in [-0.25, -0.2) is 0 Å². The van der Waals surface area contributed by atoms with Crippen molar-refractivity contribution in [3.05, 3.63) is 138 Å². The predicted molar refractivity (Wildman–Crippen MR) is 208 cm³/mol. The first-order valence-corrected chi connectivity index (χ1v) is 20.0. The van der Waals surface area contributed by atoms with E-state index >= 15 is 0 Å². The Kier molecular flexibility index (Phi) is 5.97. The molecule has 250 valence electrons. The van der Waals surface area contributed by atoms with Gasteiger partial charge in [-0.15, -0.1) is 0 Å². The Labute approximate surface area is 302 Å². The molecule has 0 aromatic heterocycles. The molecule has 4 saturated carbocycles. The molecule has 0 saturated heterocycles. The lowest BCUT2D eigenvalue weighted by Crippen LogP contribution is -2.74. The lowest BCUT2D eigenvalue weighted by molar-refractivity contribution is -0.235. The van der Waals surface area contributed by atoms with E-state index in [1.165, 1.54) is 87.6 Å². The van der Waals surface area contributed by atoms with Gasteiger partial charge in [0.1, 0.15) is 0 Å². The highest BCUT2D eigenvalue weighted by Gasteiger charge is 2.84. The molecule has 4 fully saturated rings. The first kappa shape index (κ1) is 29.9. The van der Waals surface area contributed by atoms with Crippen LogP contribution in [0.25, 0.3) is 11.1 Å². The first-order valence-electron chi connectivity index (χ1n) is 19.2. The zero-order valence-electron chi connectivity index (χ0n) is 29.9. The molecule has 50 heavy (non-hydrogen) atoms. The molecule has 1 aliphatic heterocycles. The summed E-state index contributed by atoms with van der Waals surface area (Å²) in [6.07, 6.45) is 8.27. The maximum Gasteiger partial charge on any atom is 0.0502 e. The molecule has 2 spiro atoms. The summed E-state index contributed by atoms with van der Waals surface area (Å²) in [5, 5.41) is 0. The van der Waals surface area contributed by atoms with E-state index in [4.69, 9.17) is 0 Å². The van der Waals surface area contributed by atoms with Gasteiger partial charge in [-0.3, -0.25) is 0 Å². The number of nitrogens with zero attached hydrogens (tertiary/aromatic N) is 1. The zero-order chi connectivity index (χ0) is 33.6. The number of hydrogen-bond donors (Lipinski definition) is 0. The molecule has 5 aliphatic carbocycles. The highest BCUT2D eigenvalue weighted by Crippen LogP contribution is 2.89. The van der Waals surface area contributed by atoms with Gasteiger partial charge in [0.25, 0.3) is 0 Å². The average molecular weight is 670 g/mol. The molecule has 0 radical (unpaired) electrons. The van der Waals surface area contributed by atoms with Gasteiger partial charge in [0.05, 0.1) is 5.69 Å². The molecular formula is C48H47NS. The summed E-state index contributed by atoms with van der Waals surface area (Å²) in [5.41, 5.74) is 13.8. The van der Waals surface area contributed by atoms with Gasteiger partial charge in [-0.1, -0.05) is 118 Å². The molecule has 2 bridgehead atoms. The van der Waals surface area contributed by atoms with Gasteiger partial charge < -0.3 is 4.90 Å². The van der Waals surface area contributed by atoms with Crippen LogP contribution in [0.2, 0.25) is 0 Å². The van der Waals surface area contributed by atoms with Crippen LogP contribution in [0.3, 0.4) is 0 Å². The van der Waals surface area contributed by atoms with Crippen molar-refractivity contribution in [3.8, 4) is 11.1 Å². The van der Waals surface area contributed by atoms with Crippen molar-refractivity contribution in [3.63, 3.8) is 0 Å². The minimum Gasteiger partial charge on any atom is -0.310 e. The summed E-state index contributed by atoms with van der Waals surface area (Å²) < 4.78 is 0. The van der Waals surface area contributed by atoms with Gasteiger partial charge in [-0.05, 0) is 148 Å². The van der Waals surface area contributed by atoms with Crippen LogP contribution in [0.5, 0.6) is 0 Å². The SMILES string of the molecule is CC1(C)CCC(C)(C)c2c(N(c3ccccc3)c3ccc4c(c3)Sc3cc(-c5ccccc5)ccc3C43C4CC5CC6CC3C64C5)cccc21. The fraction of sp³-hybridized carbons (Fsp3) is 0.375. The van der Waals surface area contributed by atoms with Crippen LogP contribution in [0, 0.1) is 29.1 Å². The fourth-order valence-corrected chi connectivity index (χ4v) is 14.3. The number of benzene rings is 5.